The molecule has 0 saturated heterocycles. The van der Waals surface area contributed by atoms with E-state index in [-0.39, 0.29) is 12.0 Å². The molecule has 0 heterocycles. The van der Waals surface area contributed by atoms with Crippen molar-refractivity contribution in [3.05, 3.63) is 0 Å². The lowest BCUT2D eigenvalue weighted by Crippen LogP contribution is -2.38. The van der Waals surface area contributed by atoms with Crippen molar-refractivity contribution >= 4 is 5.91 Å². The molecule has 72 valence electrons. The molecule has 1 N–H and O–H groups in total. The number of ether oxygens (including phenoxy) is 2. The maximum Gasteiger partial charge on any atom is 0.248 e. The van der Waals surface area contributed by atoms with E-state index in [4.69, 9.17) is 9.47 Å². The van der Waals surface area contributed by atoms with E-state index in [0.29, 0.717) is 6.54 Å². The zero-order chi connectivity index (χ0) is 9.56. The Balaban J connectivity index is 3.56. The van der Waals surface area contributed by atoms with Crippen LogP contribution in [0.25, 0.3) is 0 Å². The number of nitrogens with one attached hydrogen (secondary N) is 1. The van der Waals surface area contributed by atoms with Crippen LogP contribution in [0.4, 0.5) is 0 Å². The molecule has 0 aromatic carbocycles. The first-order valence-corrected chi connectivity index (χ1v) is 3.95. The van der Waals surface area contributed by atoms with Gasteiger partial charge < -0.3 is 14.8 Å². The summed E-state index contributed by atoms with van der Waals surface area (Å²) in [6.07, 6.45) is -0.355. The number of rotatable bonds is 5. The Morgan fingerprint density at radius 1 is 1.33 bits per heavy atom. The number of hydrogen-bond donors (Lipinski definition) is 1. The first-order chi connectivity index (χ1) is 5.61. The zero-order valence-electron chi connectivity index (χ0n) is 8.09. The van der Waals surface area contributed by atoms with Crippen molar-refractivity contribution in [2.75, 3.05) is 20.8 Å². The number of hydrogen-bond acceptors (Lipinski definition) is 3. The van der Waals surface area contributed by atoms with Crippen LogP contribution in [0.5, 0.6) is 0 Å². The average Bonchev–Trinajstić information content (AvgIpc) is 2.11. The van der Waals surface area contributed by atoms with Crippen molar-refractivity contribution in [1.82, 2.24) is 5.32 Å². The van der Waals surface area contributed by atoms with Crippen molar-refractivity contribution in [2.45, 2.75) is 26.1 Å². The number of carbonyl (C=O) groups excluding carboxylic acids is 1. The van der Waals surface area contributed by atoms with Gasteiger partial charge in [0, 0.05) is 20.8 Å². The average molecular weight is 175 g/mol. The highest BCUT2D eigenvalue weighted by Crippen LogP contribution is 1.89. The summed E-state index contributed by atoms with van der Waals surface area (Å²) in [4.78, 5) is 11.1. The second kappa shape index (κ2) is 5.97. The summed E-state index contributed by atoms with van der Waals surface area (Å²) in [6, 6.07) is 0. The van der Waals surface area contributed by atoms with E-state index in [1.165, 1.54) is 7.11 Å². The quantitative estimate of drug-likeness (QED) is 0.648. The molecular formula is C8H17NO3. The second-order valence-electron chi connectivity index (χ2n) is 2.67. The minimum absolute atomic E-state index is 0.0398. The molecule has 0 fully saturated rings. The fraction of sp³-hybridized carbons (Fsp3) is 0.875. The Morgan fingerprint density at radius 2 is 1.92 bits per heavy atom. The molecule has 0 aliphatic heterocycles. The van der Waals surface area contributed by atoms with Gasteiger partial charge in [-0.25, -0.2) is 0 Å². The molecule has 4 nitrogen and oxygen atoms in total. The van der Waals surface area contributed by atoms with E-state index in [2.05, 4.69) is 5.32 Å². The monoisotopic (exact) mass is 175 g/mol. The molecule has 0 rings (SSSR count). The minimum atomic E-state index is -0.394. The SMILES string of the molecule is COC(C)CNC(=O)C(C)OC. The zero-order valence-corrected chi connectivity index (χ0v) is 8.09. The van der Waals surface area contributed by atoms with Crippen LogP contribution in [0.3, 0.4) is 0 Å². The molecule has 0 spiro atoms. The Kier molecular flexibility index (Phi) is 5.66. The van der Waals surface area contributed by atoms with E-state index < -0.39 is 6.10 Å². The summed E-state index contributed by atoms with van der Waals surface area (Å²) >= 11 is 0. The van der Waals surface area contributed by atoms with Crippen molar-refractivity contribution in [2.24, 2.45) is 0 Å². The minimum Gasteiger partial charge on any atom is -0.380 e. The first kappa shape index (κ1) is 11.4. The van der Waals surface area contributed by atoms with Gasteiger partial charge in [-0.2, -0.15) is 0 Å². The molecular weight excluding hydrogens is 158 g/mol. The highest BCUT2D eigenvalue weighted by atomic mass is 16.5. The Bertz CT molecular complexity index is 138. The van der Waals surface area contributed by atoms with Crippen LogP contribution in [0.15, 0.2) is 0 Å². The highest BCUT2D eigenvalue weighted by molar-refractivity contribution is 5.80. The number of methoxy groups -OCH3 is 2. The Hall–Kier alpha value is -0.610. The van der Waals surface area contributed by atoms with Gasteiger partial charge in [0.1, 0.15) is 6.10 Å². The van der Waals surface area contributed by atoms with Gasteiger partial charge in [-0.05, 0) is 13.8 Å². The third-order valence-corrected chi connectivity index (χ3v) is 1.69. The van der Waals surface area contributed by atoms with Gasteiger partial charge in [-0.1, -0.05) is 0 Å². The van der Waals surface area contributed by atoms with Gasteiger partial charge in [0.15, 0.2) is 0 Å². The smallest absolute Gasteiger partial charge is 0.248 e. The Morgan fingerprint density at radius 3 is 2.33 bits per heavy atom. The summed E-state index contributed by atoms with van der Waals surface area (Å²) in [6.45, 7) is 4.10. The van der Waals surface area contributed by atoms with Gasteiger partial charge in [-0.3, -0.25) is 4.79 Å². The van der Waals surface area contributed by atoms with E-state index in [1.54, 1.807) is 14.0 Å². The fourth-order valence-corrected chi connectivity index (χ4v) is 0.578. The van der Waals surface area contributed by atoms with Gasteiger partial charge in [0.25, 0.3) is 0 Å². The van der Waals surface area contributed by atoms with Gasteiger partial charge >= 0.3 is 0 Å². The van der Waals surface area contributed by atoms with E-state index in [0.717, 1.165) is 0 Å². The summed E-state index contributed by atoms with van der Waals surface area (Å²) in [5.41, 5.74) is 0. The molecule has 0 radical (unpaired) electrons. The number of amides is 1. The normalized spacial score (nSPS) is 15.3. The number of carbonyl (C=O) groups is 1. The molecule has 0 saturated carbocycles. The van der Waals surface area contributed by atoms with Crippen molar-refractivity contribution in [3.8, 4) is 0 Å². The van der Waals surface area contributed by atoms with E-state index in [9.17, 15) is 4.79 Å². The fourth-order valence-electron chi connectivity index (χ4n) is 0.578. The third-order valence-electron chi connectivity index (χ3n) is 1.69. The first-order valence-electron chi connectivity index (χ1n) is 3.95. The molecule has 0 aliphatic rings. The lowest BCUT2D eigenvalue weighted by atomic mass is 10.3. The van der Waals surface area contributed by atoms with Crippen molar-refractivity contribution in [3.63, 3.8) is 0 Å². The molecule has 4 heteroatoms. The van der Waals surface area contributed by atoms with Crippen LogP contribution in [0.1, 0.15) is 13.8 Å². The predicted octanol–water partition coefficient (Wildman–Crippen LogP) is 0.172. The molecule has 2 atom stereocenters. The van der Waals surface area contributed by atoms with Crippen LogP contribution >= 0.6 is 0 Å². The van der Waals surface area contributed by atoms with Crippen LogP contribution in [0.2, 0.25) is 0 Å². The summed E-state index contributed by atoms with van der Waals surface area (Å²) in [5.74, 6) is -0.110. The predicted molar refractivity (Wildman–Crippen MR) is 46.0 cm³/mol. The van der Waals surface area contributed by atoms with Gasteiger partial charge in [0.05, 0.1) is 6.10 Å². The maximum atomic E-state index is 11.1. The topological polar surface area (TPSA) is 47.6 Å². The van der Waals surface area contributed by atoms with E-state index in [1.807, 2.05) is 6.92 Å². The largest absolute Gasteiger partial charge is 0.380 e. The molecule has 2 unspecified atom stereocenters. The molecule has 0 aromatic rings. The molecule has 0 bridgehead atoms. The molecule has 0 aliphatic carbocycles. The van der Waals surface area contributed by atoms with Gasteiger partial charge in [0.2, 0.25) is 5.91 Å². The van der Waals surface area contributed by atoms with Crippen molar-refractivity contribution in [1.29, 1.82) is 0 Å². The van der Waals surface area contributed by atoms with Crippen LogP contribution < -0.4 is 5.32 Å². The van der Waals surface area contributed by atoms with E-state index >= 15 is 0 Å². The highest BCUT2D eigenvalue weighted by Gasteiger charge is 2.11. The summed E-state index contributed by atoms with van der Waals surface area (Å²) < 4.78 is 9.78. The van der Waals surface area contributed by atoms with Gasteiger partial charge in [-0.15, -0.1) is 0 Å². The maximum absolute atomic E-state index is 11.1. The third kappa shape index (κ3) is 4.31. The molecule has 12 heavy (non-hydrogen) atoms. The van der Waals surface area contributed by atoms with Crippen LogP contribution in [-0.4, -0.2) is 38.9 Å². The van der Waals surface area contributed by atoms with Crippen LogP contribution in [0, 0.1) is 0 Å². The lowest BCUT2D eigenvalue weighted by molar-refractivity contribution is -0.130. The Labute approximate surface area is 73.2 Å². The van der Waals surface area contributed by atoms with Crippen LogP contribution in [-0.2, 0) is 14.3 Å². The standard InChI is InChI=1S/C8H17NO3/c1-6(11-3)5-9-8(10)7(2)12-4/h6-7H,5H2,1-4H3,(H,9,10). The summed E-state index contributed by atoms with van der Waals surface area (Å²) in [5, 5.41) is 2.70. The summed E-state index contributed by atoms with van der Waals surface area (Å²) in [7, 11) is 3.11. The molecule has 0 aromatic heterocycles. The molecule has 1 amide bonds. The lowest BCUT2D eigenvalue weighted by Gasteiger charge is -2.13. The second-order valence-corrected chi connectivity index (χ2v) is 2.67. The van der Waals surface area contributed by atoms with Crippen molar-refractivity contribution < 1.29 is 14.3 Å².